The zero-order valence-electron chi connectivity index (χ0n) is 15.2. The minimum absolute atomic E-state index is 0.0375. The molecule has 2 aromatic carbocycles. The summed E-state index contributed by atoms with van der Waals surface area (Å²) in [6.45, 7) is 1.15. The molecule has 0 saturated carbocycles. The van der Waals surface area contributed by atoms with Crippen molar-refractivity contribution in [3.05, 3.63) is 58.9 Å². The Balaban J connectivity index is 2.10. The van der Waals surface area contributed by atoms with Crippen molar-refractivity contribution in [1.82, 2.24) is 0 Å². The number of halogens is 3. The van der Waals surface area contributed by atoms with Gasteiger partial charge in [0, 0.05) is 37.0 Å². The third-order valence-electron chi connectivity index (χ3n) is 3.63. The van der Waals surface area contributed by atoms with E-state index in [1.165, 1.54) is 13.0 Å². The van der Waals surface area contributed by atoms with Crippen molar-refractivity contribution in [3.8, 4) is 11.5 Å². The Bertz CT molecular complexity index is 839. The van der Waals surface area contributed by atoms with Crippen molar-refractivity contribution in [2.75, 3.05) is 13.2 Å². The van der Waals surface area contributed by atoms with Gasteiger partial charge in [-0.1, -0.05) is 0 Å². The van der Waals surface area contributed by atoms with Crippen LogP contribution in [0.25, 0.3) is 0 Å². The first-order valence-electron chi connectivity index (χ1n) is 8.49. The predicted molar refractivity (Wildman–Crippen MR) is 93.6 cm³/mol. The van der Waals surface area contributed by atoms with Crippen molar-refractivity contribution in [3.63, 3.8) is 0 Å². The molecule has 0 aliphatic carbocycles. The van der Waals surface area contributed by atoms with Crippen LogP contribution in [0.1, 0.15) is 24.5 Å². The summed E-state index contributed by atoms with van der Waals surface area (Å²) in [6.07, 6.45) is 0.851. The third-order valence-corrected chi connectivity index (χ3v) is 3.63. The molecule has 0 bridgehead atoms. The van der Waals surface area contributed by atoms with E-state index in [2.05, 4.69) is 0 Å². The number of carbonyl (C=O) groups excluding carboxylic acids is 2. The van der Waals surface area contributed by atoms with Crippen molar-refractivity contribution in [1.29, 1.82) is 0 Å². The second kappa shape index (κ2) is 10.3. The summed E-state index contributed by atoms with van der Waals surface area (Å²) in [7, 11) is 0. The molecule has 28 heavy (non-hydrogen) atoms. The Labute approximate surface area is 160 Å². The number of benzene rings is 2. The Morgan fingerprint density at radius 2 is 1.75 bits per heavy atom. The standard InChI is InChI=1S/C20H19F3O5/c1-13(25)26-7-2-8-27-20-15(10-17(22)11-18(20)23)12-28-19-4-3-16(21)9-14(19)5-6-24/h3-4,6,9-11H,2,5,7-8,12H2,1H3. The number of hydrogen-bond acceptors (Lipinski definition) is 5. The topological polar surface area (TPSA) is 61.8 Å². The largest absolute Gasteiger partial charge is 0.490 e. The molecule has 0 N–H and O–H groups in total. The van der Waals surface area contributed by atoms with Gasteiger partial charge >= 0.3 is 5.97 Å². The molecule has 150 valence electrons. The van der Waals surface area contributed by atoms with Crippen LogP contribution in [0, 0.1) is 17.5 Å². The summed E-state index contributed by atoms with van der Waals surface area (Å²) in [5, 5.41) is 0. The smallest absolute Gasteiger partial charge is 0.302 e. The molecule has 0 radical (unpaired) electrons. The molecule has 0 spiro atoms. The first kappa shape index (κ1) is 21.3. The molecule has 0 fully saturated rings. The molecule has 0 aromatic heterocycles. The molecular formula is C20H19F3O5. The maximum absolute atomic E-state index is 14.1. The van der Waals surface area contributed by atoms with Gasteiger partial charge in [-0.3, -0.25) is 4.79 Å². The minimum Gasteiger partial charge on any atom is -0.490 e. The van der Waals surface area contributed by atoms with Gasteiger partial charge in [-0.2, -0.15) is 0 Å². The van der Waals surface area contributed by atoms with E-state index in [9.17, 15) is 22.8 Å². The van der Waals surface area contributed by atoms with E-state index < -0.39 is 23.4 Å². The van der Waals surface area contributed by atoms with E-state index in [0.29, 0.717) is 24.3 Å². The summed E-state index contributed by atoms with van der Waals surface area (Å²) in [5.41, 5.74) is 0.419. The average molecular weight is 396 g/mol. The van der Waals surface area contributed by atoms with E-state index in [1.54, 1.807) is 0 Å². The van der Waals surface area contributed by atoms with Gasteiger partial charge in [-0.25, -0.2) is 13.2 Å². The van der Waals surface area contributed by atoms with Gasteiger partial charge in [-0.15, -0.1) is 0 Å². The fourth-order valence-corrected chi connectivity index (χ4v) is 2.43. The Morgan fingerprint density at radius 3 is 2.46 bits per heavy atom. The number of aldehydes is 1. The molecular weight excluding hydrogens is 377 g/mol. The van der Waals surface area contributed by atoms with Gasteiger partial charge in [-0.05, 0) is 24.3 Å². The van der Waals surface area contributed by atoms with Gasteiger partial charge in [0.15, 0.2) is 11.6 Å². The Morgan fingerprint density at radius 1 is 1.00 bits per heavy atom. The van der Waals surface area contributed by atoms with Crippen LogP contribution in [0.2, 0.25) is 0 Å². The van der Waals surface area contributed by atoms with E-state index in [1.807, 2.05) is 0 Å². The number of esters is 1. The fraction of sp³-hybridized carbons (Fsp3) is 0.300. The van der Waals surface area contributed by atoms with Crippen LogP contribution in [0.15, 0.2) is 30.3 Å². The van der Waals surface area contributed by atoms with Crippen LogP contribution < -0.4 is 9.47 Å². The number of ether oxygens (including phenoxy) is 3. The molecule has 0 atom stereocenters. The minimum atomic E-state index is -0.904. The van der Waals surface area contributed by atoms with Crippen LogP contribution in [-0.2, 0) is 27.4 Å². The molecule has 2 aromatic rings. The van der Waals surface area contributed by atoms with Crippen molar-refractivity contribution < 1.29 is 37.0 Å². The quantitative estimate of drug-likeness (QED) is 0.348. The fourth-order valence-electron chi connectivity index (χ4n) is 2.43. The monoisotopic (exact) mass is 396 g/mol. The number of carbonyl (C=O) groups is 2. The molecule has 0 amide bonds. The van der Waals surface area contributed by atoms with Crippen molar-refractivity contribution >= 4 is 12.3 Å². The lowest BCUT2D eigenvalue weighted by atomic mass is 10.1. The zero-order valence-corrected chi connectivity index (χ0v) is 15.2. The molecule has 2 rings (SSSR count). The number of rotatable bonds is 10. The van der Waals surface area contributed by atoms with Crippen molar-refractivity contribution in [2.45, 2.75) is 26.4 Å². The van der Waals surface area contributed by atoms with E-state index in [4.69, 9.17) is 14.2 Å². The summed E-state index contributed by atoms with van der Waals surface area (Å²) in [6, 6.07) is 5.39. The van der Waals surface area contributed by atoms with Crippen LogP contribution in [0.5, 0.6) is 11.5 Å². The van der Waals surface area contributed by atoms with Crippen LogP contribution in [0.4, 0.5) is 13.2 Å². The second-order valence-corrected chi connectivity index (χ2v) is 5.83. The lowest BCUT2D eigenvalue weighted by Gasteiger charge is -2.15. The Kier molecular flexibility index (Phi) is 7.86. The SMILES string of the molecule is CC(=O)OCCCOc1c(F)cc(F)cc1COc1ccc(F)cc1CC=O. The van der Waals surface area contributed by atoms with Gasteiger partial charge in [0.25, 0.3) is 0 Å². The van der Waals surface area contributed by atoms with Crippen molar-refractivity contribution in [2.24, 2.45) is 0 Å². The average Bonchev–Trinajstić information content (AvgIpc) is 2.62. The van der Waals surface area contributed by atoms with Gasteiger partial charge in [0.2, 0.25) is 0 Å². The summed E-state index contributed by atoms with van der Waals surface area (Å²) >= 11 is 0. The first-order valence-corrected chi connectivity index (χ1v) is 8.49. The summed E-state index contributed by atoms with van der Waals surface area (Å²) < 4.78 is 56.7. The third kappa shape index (κ3) is 6.29. The molecule has 5 nitrogen and oxygen atoms in total. The molecule has 0 aliphatic heterocycles. The second-order valence-electron chi connectivity index (χ2n) is 5.83. The summed E-state index contributed by atoms with van der Waals surface area (Å²) in [5.74, 6) is -2.65. The zero-order chi connectivity index (χ0) is 20.5. The highest BCUT2D eigenvalue weighted by molar-refractivity contribution is 5.65. The lowest BCUT2D eigenvalue weighted by Crippen LogP contribution is -2.09. The molecule has 0 heterocycles. The predicted octanol–water partition coefficient (Wildman–Crippen LogP) is 3.76. The maximum atomic E-state index is 14.1. The van der Waals surface area contributed by atoms with E-state index >= 15 is 0 Å². The van der Waals surface area contributed by atoms with Gasteiger partial charge < -0.3 is 19.0 Å². The highest BCUT2D eigenvalue weighted by atomic mass is 19.1. The first-order chi connectivity index (χ1) is 13.4. The van der Waals surface area contributed by atoms with E-state index in [-0.39, 0.29) is 43.3 Å². The Hall–Kier alpha value is -3.03. The summed E-state index contributed by atoms with van der Waals surface area (Å²) in [4.78, 5) is 21.5. The molecule has 0 unspecified atom stereocenters. The molecule has 8 heteroatoms. The molecule has 0 aliphatic rings. The normalized spacial score (nSPS) is 10.4. The highest BCUT2D eigenvalue weighted by Gasteiger charge is 2.15. The van der Waals surface area contributed by atoms with Crippen LogP contribution >= 0.6 is 0 Å². The van der Waals surface area contributed by atoms with Crippen LogP contribution in [0.3, 0.4) is 0 Å². The molecule has 0 saturated heterocycles. The number of hydrogen-bond donors (Lipinski definition) is 0. The van der Waals surface area contributed by atoms with E-state index in [0.717, 1.165) is 18.2 Å². The van der Waals surface area contributed by atoms with Crippen LogP contribution in [-0.4, -0.2) is 25.5 Å². The highest BCUT2D eigenvalue weighted by Crippen LogP contribution is 2.27. The lowest BCUT2D eigenvalue weighted by molar-refractivity contribution is -0.141. The maximum Gasteiger partial charge on any atom is 0.302 e. The van der Waals surface area contributed by atoms with Gasteiger partial charge in [0.1, 0.15) is 30.3 Å². The van der Waals surface area contributed by atoms with Gasteiger partial charge in [0.05, 0.1) is 13.2 Å².